The summed E-state index contributed by atoms with van der Waals surface area (Å²) in [5, 5.41) is 17.0. The van der Waals surface area contributed by atoms with Gasteiger partial charge in [0.1, 0.15) is 16.0 Å². The average Bonchev–Trinajstić information content (AvgIpc) is 3.54. The van der Waals surface area contributed by atoms with E-state index in [-0.39, 0.29) is 11.6 Å². The van der Waals surface area contributed by atoms with Crippen molar-refractivity contribution in [3.63, 3.8) is 0 Å². The minimum absolute atomic E-state index is 0.0192. The summed E-state index contributed by atoms with van der Waals surface area (Å²) < 4.78 is 16.3. The summed E-state index contributed by atoms with van der Waals surface area (Å²) in [5.41, 5.74) is 2.18. The van der Waals surface area contributed by atoms with Gasteiger partial charge in [-0.05, 0) is 72.7 Å². The van der Waals surface area contributed by atoms with Crippen LogP contribution in [0.1, 0.15) is 31.7 Å². The average molecular weight is 696 g/mol. The number of carbonyl (C=O) groups is 3. The summed E-state index contributed by atoms with van der Waals surface area (Å²) in [6.07, 6.45) is 1.52. The van der Waals surface area contributed by atoms with Crippen LogP contribution in [-0.4, -0.2) is 49.2 Å². The highest BCUT2D eigenvalue weighted by molar-refractivity contribution is 8.00. The summed E-state index contributed by atoms with van der Waals surface area (Å²) >= 11 is 2.66. The molecule has 0 bridgehead atoms. The van der Waals surface area contributed by atoms with Gasteiger partial charge in [-0.3, -0.25) is 19.7 Å². The molecule has 0 spiro atoms. The molecule has 5 rings (SSSR count). The Morgan fingerprint density at radius 1 is 0.796 bits per heavy atom. The lowest BCUT2D eigenvalue weighted by Gasteiger charge is -2.17. The fraction of sp³-hybridized carbons (Fsp3) is 0.139. The second-order valence-electron chi connectivity index (χ2n) is 10.3. The molecule has 3 N–H and O–H groups in total. The summed E-state index contributed by atoms with van der Waals surface area (Å²) in [7, 11) is 4.48. The maximum Gasteiger partial charge on any atom is 0.272 e. The van der Waals surface area contributed by atoms with Crippen molar-refractivity contribution in [2.45, 2.75) is 17.1 Å². The fourth-order valence-corrected chi connectivity index (χ4v) is 6.28. The zero-order valence-electron chi connectivity index (χ0n) is 27.1. The third-order valence-corrected chi connectivity index (χ3v) is 9.01. The smallest absolute Gasteiger partial charge is 0.272 e. The Labute approximate surface area is 291 Å². The third-order valence-electron chi connectivity index (χ3n) is 6.99. The van der Waals surface area contributed by atoms with Crippen LogP contribution in [0.15, 0.2) is 108 Å². The number of benzene rings is 4. The number of methoxy groups -OCH3 is 3. The van der Waals surface area contributed by atoms with E-state index in [1.807, 2.05) is 49.4 Å². The number of nitrogens with one attached hydrogen (secondary N) is 3. The lowest BCUT2D eigenvalue weighted by atomic mass is 10.1. The minimum Gasteiger partial charge on any atom is -0.493 e. The van der Waals surface area contributed by atoms with E-state index in [0.717, 1.165) is 15.5 Å². The van der Waals surface area contributed by atoms with Crippen LogP contribution in [-0.2, 0) is 9.59 Å². The van der Waals surface area contributed by atoms with Gasteiger partial charge in [-0.15, -0.1) is 22.0 Å². The summed E-state index contributed by atoms with van der Waals surface area (Å²) in [5.74, 6) is -0.0999. The van der Waals surface area contributed by atoms with E-state index in [9.17, 15) is 14.4 Å². The topological polar surface area (TPSA) is 141 Å². The molecule has 11 nitrogen and oxygen atoms in total. The molecule has 0 aliphatic heterocycles. The Kier molecular flexibility index (Phi) is 11.6. The largest absolute Gasteiger partial charge is 0.493 e. The van der Waals surface area contributed by atoms with E-state index in [0.29, 0.717) is 39.2 Å². The number of carbonyl (C=O) groups excluding carboxylic acids is 3. The second kappa shape index (κ2) is 16.4. The van der Waals surface area contributed by atoms with Crippen LogP contribution >= 0.6 is 23.1 Å². The Bertz CT molecular complexity index is 1930. The lowest BCUT2D eigenvalue weighted by Crippen LogP contribution is -2.30. The predicted molar refractivity (Wildman–Crippen MR) is 191 cm³/mol. The van der Waals surface area contributed by atoms with Crippen LogP contribution in [0.3, 0.4) is 0 Å². The number of amides is 3. The molecule has 0 aliphatic rings. The van der Waals surface area contributed by atoms with E-state index in [4.69, 9.17) is 14.2 Å². The van der Waals surface area contributed by atoms with E-state index in [1.165, 1.54) is 50.5 Å². The number of aromatic nitrogens is 2. The number of aryl methyl sites for hydroxylation is 1. The van der Waals surface area contributed by atoms with Gasteiger partial charge in [-0.1, -0.05) is 59.9 Å². The number of nitrogens with zero attached hydrogens (tertiary/aromatic N) is 2. The number of hydrogen-bond acceptors (Lipinski definition) is 10. The van der Waals surface area contributed by atoms with Crippen molar-refractivity contribution in [3.05, 3.63) is 124 Å². The maximum absolute atomic E-state index is 13.7. The van der Waals surface area contributed by atoms with Crippen LogP contribution in [0.5, 0.6) is 17.2 Å². The quantitative estimate of drug-likeness (QED) is 0.0901. The summed E-state index contributed by atoms with van der Waals surface area (Å²) in [6.45, 7) is 1.82. The van der Waals surface area contributed by atoms with Crippen molar-refractivity contribution in [2.24, 2.45) is 0 Å². The van der Waals surface area contributed by atoms with Crippen LogP contribution in [0.2, 0.25) is 0 Å². The molecule has 1 aromatic heterocycles. The highest BCUT2D eigenvalue weighted by Crippen LogP contribution is 2.39. The number of anilines is 2. The molecule has 0 saturated carbocycles. The zero-order valence-corrected chi connectivity index (χ0v) is 28.7. The second-order valence-corrected chi connectivity index (χ2v) is 12.7. The molecule has 1 heterocycles. The maximum atomic E-state index is 13.7. The third kappa shape index (κ3) is 9.03. The highest BCUT2D eigenvalue weighted by atomic mass is 32.2. The fourth-order valence-electron chi connectivity index (χ4n) is 4.66. The van der Waals surface area contributed by atoms with Gasteiger partial charge < -0.3 is 24.8 Å². The predicted octanol–water partition coefficient (Wildman–Crippen LogP) is 6.75. The van der Waals surface area contributed by atoms with E-state index in [2.05, 4.69) is 26.1 Å². The first-order chi connectivity index (χ1) is 23.8. The molecule has 1 atom stereocenters. The Morgan fingerprint density at radius 2 is 1.43 bits per heavy atom. The molecule has 4 aromatic carbocycles. The summed E-state index contributed by atoms with van der Waals surface area (Å²) in [6, 6.07) is 28.4. The Balaban J connectivity index is 1.38. The van der Waals surface area contributed by atoms with Gasteiger partial charge in [-0.2, -0.15) is 0 Å². The van der Waals surface area contributed by atoms with Crippen LogP contribution < -0.4 is 30.2 Å². The van der Waals surface area contributed by atoms with Crippen molar-refractivity contribution >= 4 is 57.7 Å². The first-order valence-corrected chi connectivity index (χ1v) is 16.6. The number of rotatable bonds is 13. The summed E-state index contributed by atoms with van der Waals surface area (Å²) in [4.78, 5) is 41.0. The van der Waals surface area contributed by atoms with Gasteiger partial charge in [0, 0.05) is 16.1 Å². The van der Waals surface area contributed by atoms with Gasteiger partial charge in [0.2, 0.25) is 16.8 Å². The first kappa shape index (κ1) is 34.7. The molecule has 13 heteroatoms. The molecular weight excluding hydrogens is 663 g/mol. The molecule has 5 aromatic rings. The van der Waals surface area contributed by atoms with E-state index in [1.54, 1.807) is 54.6 Å². The number of thioether (sulfide) groups is 1. The van der Waals surface area contributed by atoms with Gasteiger partial charge in [-0.25, -0.2) is 0 Å². The van der Waals surface area contributed by atoms with Gasteiger partial charge in [0.25, 0.3) is 11.8 Å². The van der Waals surface area contributed by atoms with Crippen molar-refractivity contribution in [1.82, 2.24) is 15.5 Å². The van der Waals surface area contributed by atoms with Gasteiger partial charge in [0.15, 0.2) is 11.5 Å². The Morgan fingerprint density at radius 3 is 2.00 bits per heavy atom. The SMILES string of the molecule is COc1cc(/C=C(\NC(=O)c2ccccc2)C(=O)Nc2ccc(SC(C(=O)Nc3nnc(C)s3)c3ccccc3)cc2)cc(OC)c1OC. The number of hydrogen-bond donors (Lipinski definition) is 3. The minimum atomic E-state index is -0.577. The Hall–Kier alpha value is -5.66. The van der Waals surface area contributed by atoms with Crippen LogP contribution in [0.25, 0.3) is 6.08 Å². The molecule has 0 radical (unpaired) electrons. The molecule has 0 saturated heterocycles. The molecule has 0 fully saturated rings. The molecule has 0 aliphatic carbocycles. The lowest BCUT2D eigenvalue weighted by molar-refractivity contribution is -0.116. The van der Waals surface area contributed by atoms with Gasteiger partial charge >= 0.3 is 0 Å². The van der Waals surface area contributed by atoms with Crippen LogP contribution in [0.4, 0.5) is 10.8 Å². The number of ether oxygens (including phenoxy) is 3. The van der Waals surface area contributed by atoms with Crippen LogP contribution in [0, 0.1) is 6.92 Å². The molecule has 3 amide bonds. The van der Waals surface area contributed by atoms with Crippen molar-refractivity contribution < 1.29 is 28.6 Å². The highest BCUT2D eigenvalue weighted by Gasteiger charge is 2.24. The molecule has 49 heavy (non-hydrogen) atoms. The molecular formula is C36H33N5O6S2. The zero-order chi connectivity index (χ0) is 34.8. The van der Waals surface area contributed by atoms with E-state index >= 15 is 0 Å². The van der Waals surface area contributed by atoms with Crippen molar-refractivity contribution in [3.8, 4) is 17.2 Å². The standard InChI is InChI=1S/C36H33N5O6S2/c1-22-40-41-36(48-22)39-35(44)32(24-11-7-5-8-12-24)49-27-17-15-26(16-18-27)37-34(43)28(38-33(42)25-13-9-6-10-14-25)19-23-20-29(45-2)31(47-4)30(21-23)46-3/h5-21,32H,1-4H3,(H,37,43)(H,38,42)(H,39,41,44)/b28-19-. The normalized spacial score (nSPS) is 11.6. The van der Waals surface area contributed by atoms with Crippen molar-refractivity contribution in [1.29, 1.82) is 0 Å². The van der Waals surface area contributed by atoms with E-state index < -0.39 is 17.1 Å². The first-order valence-electron chi connectivity index (χ1n) is 14.9. The molecule has 250 valence electrons. The van der Waals surface area contributed by atoms with Gasteiger partial charge in [0.05, 0.1) is 21.3 Å². The molecule has 1 unspecified atom stereocenters. The van der Waals surface area contributed by atoms with Crippen molar-refractivity contribution in [2.75, 3.05) is 32.0 Å². The monoisotopic (exact) mass is 695 g/mol.